The van der Waals surface area contributed by atoms with Crippen LogP contribution in [0.5, 0.6) is 0 Å². The van der Waals surface area contributed by atoms with Crippen molar-refractivity contribution in [3.05, 3.63) is 59.0 Å². The number of hydrogen-bond donors (Lipinski definition) is 3. The van der Waals surface area contributed by atoms with Crippen LogP contribution in [0.4, 0.5) is 0 Å². The van der Waals surface area contributed by atoms with Crippen LogP contribution in [-0.2, 0) is 6.42 Å². The van der Waals surface area contributed by atoms with E-state index in [-0.39, 0.29) is 11.9 Å². The third-order valence-corrected chi connectivity index (χ3v) is 3.82. The first-order valence-electron chi connectivity index (χ1n) is 7.95. The number of carbonyl (C=O) groups is 1. The molecular weight excluding hydrogens is 302 g/mol. The molecule has 6 heteroatoms. The van der Waals surface area contributed by atoms with Gasteiger partial charge in [0.05, 0.1) is 11.4 Å². The van der Waals surface area contributed by atoms with Crippen LogP contribution in [-0.4, -0.2) is 32.3 Å². The highest BCUT2D eigenvalue weighted by Crippen LogP contribution is 2.18. The van der Waals surface area contributed by atoms with Gasteiger partial charge in [0.1, 0.15) is 5.69 Å². The Bertz CT molecular complexity index is 831. The second kappa shape index (κ2) is 6.70. The number of H-pyrrole nitrogens is 2. The molecule has 2 aromatic heterocycles. The molecule has 0 saturated heterocycles. The second-order valence-electron chi connectivity index (χ2n) is 6.15. The molecule has 0 saturated carbocycles. The second-order valence-corrected chi connectivity index (χ2v) is 6.15. The molecule has 0 radical (unpaired) electrons. The largest absolute Gasteiger partial charge is 0.348 e. The maximum atomic E-state index is 12.3. The first kappa shape index (κ1) is 16.0. The van der Waals surface area contributed by atoms with E-state index in [1.54, 1.807) is 6.07 Å². The van der Waals surface area contributed by atoms with E-state index < -0.39 is 0 Å². The van der Waals surface area contributed by atoms with Crippen molar-refractivity contribution in [1.29, 1.82) is 0 Å². The monoisotopic (exact) mass is 323 g/mol. The summed E-state index contributed by atoms with van der Waals surface area (Å²) in [6, 6.07) is 11.8. The summed E-state index contributed by atoms with van der Waals surface area (Å²) >= 11 is 0. The molecular formula is C18H21N5O. The number of nitrogens with one attached hydrogen (secondary N) is 3. The Labute approximate surface area is 140 Å². The highest BCUT2D eigenvalue weighted by Gasteiger charge is 2.14. The molecule has 0 bridgehead atoms. The molecule has 3 rings (SSSR count). The third-order valence-electron chi connectivity index (χ3n) is 3.82. The van der Waals surface area contributed by atoms with Gasteiger partial charge in [-0.05, 0) is 32.9 Å². The topological polar surface area (TPSA) is 86.5 Å². The first-order chi connectivity index (χ1) is 11.5. The SMILES string of the molecule is Cc1ccc(-c2cc(C(=O)N[C@@H](C)Cc3cc(C)[nH]n3)[nH]n2)cc1. The lowest BCUT2D eigenvalue weighted by molar-refractivity contribution is 0.0935. The Hall–Kier alpha value is -2.89. The predicted octanol–water partition coefficient (Wildman–Crippen LogP) is 2.78. The molecule has 1 aromatic carbocycles. The number of aromatic nitrogens is 4. The van der Waals surface area contributed by atoms with Crippen LogP contribution in [0.25, 0.3) is 11.3 Å². The maximum absolute atomic E-state index is 12.3. The fraction of sp³-hybridized carbons (Fsp3) is 0.278. The van der Waals surface area contributed by atoms with Crippen molar-refractivity contribution in [1.82, 2.24) is 25.7 Å². The number of hydrogen-bond acceptors (Lipinski definition) is 3. The van der Waals surface area contributed by atoms with Gasteiger partial charge in [0.25, 0.3) is 5.91 Å². The predicted molar refractivity (Wildman–Crippen MR) is 92.7 cm³/mol. The Morgan fingerprint density at radius 1 is 1.12 bits per heavy atom. The van der Waals surface area contributed by atoms with Gasteiger partial charge in [-0.25, -0.2) is 0 Å². The van der Waals surface area contributed by atoms with E-state index in [0.717, 1.165) is 22.6 Å². The summed E-state index contributed by atoms with van der Waals surface area (Å²) in [5, 5.41) is 17.1. The summed E-state index contributed by atoms with van der Waals surface area (Å²) in [5.74, 6) is -0.166. The minimum Gasteiger partial charge on any atom is -0.348 e. The van der Waals surface area contributed by atoms with Crippen LogP contribution < -0.4 is 5.32 Å². The van der Waals surface area contributed by atoms with E-state index in [1.807, 2.05) is 51.1 Å². The first-order valence-corrected chi connectivity index (χ1v) is 7.95. The number of benzene rings is 1. The molecule has 124 valence electrons. The van der Waals surface area contributed by atoms with Gasteiger partial charge in [-0.2, -0.15) is 10.2 Å². The van der Waals surface area contributed by atoms with E-state index in [1.165, 1.54) is 5.56 Å². The molecule has 3 aromatic rings. The summed E-state index contributed by atoms with van der Waals surface area (Å²) in [6.45, 7) is 5.95. The van der Waals surface area contributed by atoms with Crippen molar-refractivity contribution < 1.29 is 4.79 Å². The lowest BCUT2D eigenvalue weighted by Gasteiger charge is -2.11. The summed E-state index contributed by atoms with van der Waals surface area (Å²) in [4.78, 5) is 12.3. The van der Waals surface area contributed by atoms with E-state index in [9.17, 15) is 4.79 Å². The standard InChI is InChI=1S/C18H21N5O/c1-11-4-6-14(7-5-11)16-10-17(23-22-16)18(24)19-12(2)8-15-9-13(3)20-21-15/h4-7,9-10,12H,8H2,1-3H3,(H,19,24)(H,20,21)(H,22,23)/t12-/m0/s1. The molecule has 0 aliphatic heterocycles. The quantitative estimate of drug-likeness (QED) is 0.675. The van der Waals surface area contributed by atoms with Crippen LogP contribution in [0.3, 0.4) is 0 Å². The minimum absolute atomic E-state index is 0.0219. The Morgan fingerprint density at radius 3 is 2.54 bits per heavy atom. The van der Waals surface area contributed by atoms with Gasteiger partial charge in [0.15, 0.2) is 0 Å². The van der Waals surface area contributed by atoms with Crippen LogP contribution in [0, 0.1) is 13.8 Å². The molecule has 6 nitrogen and oxygen atoms in total. The van der Waals surface area contributed by atoms with Crippen LogP contribution in [0.2, 0.25) is 0 Å². The zero-order valence-corrected chi connectivity index (χ0v) is 14.1. The molecule has 2 heterocycles. The Balaban J connectivity index is 1.64. The fourth-order valence-electron chi connectivity index (χ4n) is 2.56. The Morgan fingerprint density at radius 2 is 1.88 bits per heavy atom. The molecule has 1 atom stereocenters. The number of aromatic amines is 2. The van der Waals surface area contributed by atoms with Gasteiger partial charge in [-0.3, -0.25) is 15.0 Å². The third kappa shape index (κ3) is 3.71. The van der Waals surface area contributed by atoms with E-state index in [0.29, 0.717) is 12.1 Å². The van der Waals surface area contributed by atoms with E-state index >= 15 is 0 Å². The number of rotatable bonds is 5. The number of amides is 1. The Kier molecular flexibility index (Phi) is 4.46. The number of aryl methyl sites for hydroxylation is 2. The smallest absolute Gasteiger partial charge is 0.269 e. The summed E-state index contributed by atoms with van der Waals surface area (Å²) in [7, 11) is 0. The fourth-order valence-corrected chi connectivity index (χ4v) is 2.56. The van der Waals surface area contributed by atoms with Gasteiger partial charge in [0.2, 0.25) is 0 Å². The lowest BCUT2D eigenvalue weighted by atomic mass is 10.1. The van der Waals surface area contributed by atoms with Crippen LogP contribution in [0.15, 0.2) is 36.4 Å². The van der Waals surface area contributed by atoms with Crippen LogP contribution >= 0.6 is 0 Å². The van der Waals surface area contributed by atoms with Gasteiger partial charge < -0.3 is 5.32 Å². The van der Waals surface area contributed by atoms with Crippen molar-refractivity contribution >= 4 is 5.91 Å². The molecule has 0 aliphatic rings. The van der Waals surface area contributed by atoms with E-state index in [4.69, 9.17) is 0 Å². The molecule has 0 unspecified atom stereocenters. The lowest BCUT2D eigenvalue weighted by Crippen LogP contribution is -2.34. The summed E-state index contributed by atoms with van der Waals surface area (Å²) < 4.78 is 0. The summed E-state index contributed by atoms with van der Waals surface area (Å²) in [5.41, 5.74) is 5.34. The molecule has 1 amide bonds. The van der Waals surface area contributed by atoms with Gasteiger partial charge >= 0.3 is 0 Å². The number of carbonyl (C=O) groups excluding carboxylic acids is 1. The van der Waals surface area contributed by atoms with Gasteiger partial charge in [0, 0.05) is 23.7 Å². The summed E-state index contributed by atoms with van der Waals surface area (Å²) in [6.07, 6.45) is 0.676. The zero-order valence-electron chi connectivity index (χ0n) is 14.1. The van der Waals surface area contributed by atoms with Crippen molar-refractivity contribution in [2.45, 2.75) is 33.2 Å². The average molecular weight is 323 g/mol. The highest BCUT2D eigenvalue weighted by molar-refractivity contribution is 5.93. The molecule has 0 spiro atoms. The molecule has 3 N–H and O–H groups in total. The minimum atomic E-state index is -0.166. The maximum Gasteiger partial charge on any atom is 0.269 e. The van der Waals surface area contributed by atoms with Crippen molar-refractivity contribution in [3.8, 4) is 11.3 Å². The zero-order chi connectivity index (χ0) is 17.1. The molecule has 24 heavy (non-hydrogen) atoms. The van der Waals surface area contributed by atoms with Crippen LogP contribution in [0.1, 0.15) is 34.4 Å². The van der Waals surface area contributed by atoms with Gasteiger partial charge in [-0.15, -0.1) is 0 Å². The normalized spacial score (nSPS) is 12.1. The molecule has 0 fully saturated rings. The van der Waals surface area contributed by atoms with E-state index in [2.05, 4.69) is 25.7 Å². The number of nitrogens with zero attached hydrogens (tertiary/aromatic N) is 2. The molecule has 0 aliphatic carbocycles. The average Bonchev–Trinajstić information content (AvgIpc) is 3.17. The van der Waals surface area contributed by atoms with Crippen molar-refractivity contribution in [3.63, 3.8) is 0 Å². The van der Waals surface area contributed by atoms with Crippen molar-refractivity contribution in [2.75, 3.05) is 0 Å². The highest BCUT2D eigenvalue weighted by atomic mass is 16.2. The van der Waals surface area contributed by atoms with Crippen molar-refractivity contribution in [2.24, 2.45) is 0 Å². The van der Waals surface area contributed by atoms with Gasteiger partial charge in [-0.1, -0.05) is 29.8 Å².